The average molecular weight is 307 g/mol. The van der Waals surface area contributed by atoms with Crippen molar-refractivity contribution in [3.05, 3.63) is 23.8 Å². The number of aryl methyl sites for hydroxylation is 1. The Hall–Kier alpha value is -1.12. The molecule has 0 aliphatic heterocycles. The van der Waals surface area contributed by atoms with Gasteiger partial charge in [-0.05, 0) is 42.4 Å². The van der Waals surface area contributed by atoms with Gasteiger partial charge in [-0.25, -0.2) is 0 Å². The van der Waals surface area contributed by atoms with E-state index in [1.165, 1.54) is 6.92 Å². The van der Waals surface area contributed by atoms with Crippen molar-refractivity contribution in [2.24, 2.45) is 0 Å². The van der Waals surface area contributed by atoms with Crippen molar-refractivity contribution in [1.29, 1.82) is 0 Å². The van der Waals surface area contributed by atoms with Gasteiger partial charge in [0.05, 0.1) is 0 Å². The molecule has 0 saturated heterocycles. The highest BCUT2D eigenvalue weighted by Gasteiger charge is 2.73. The first-order valence-electron chi connectivity index (χ1n) is 4.76. The molecule has 0 aliphatic rings. The maximum Gasteiger partial charge on any atom is 0.460 e. The molecular formula is C10H8F7NS. The highest BCUT2D eigenvalue weighted by Crippen LogP contribution is 2.53. The molecule has 1 aromatic carbocycles. The van der Waals surface area contributed by atoms with Gasteiger partial charge < -0.3 is 5.73 Å². The van der Waals surface area contributed by atoms with Crippen molar-refractivity contribution in [1.82, 2.24) is 0 Å². The molecule has 0 atom stereocenters. The Kier molecular flexibility index (Phi) is 4.00. The monoisotopic (exact) mass is 307 g/mol. The SMILES string of the molecule is Cc1cc(SC(F)(F)C(F)(F)C(F)(F)F)ccc1N. The van der Waals surface area contributed by atoms with Crippen LogP contribution in [0.3, 0.4) is 0 Å². The van der Waals surface area contributed by atoms with Gasteiger partial charge >= 0.3 is 17.4 Å². The predicted molar refractivity (Wildman–Crippen MR) is 57.4 cm³/mol. The molecule has 0 aliphatic carbocycles. The van der Waals surface area contributed by atoms with Gasteiger partial charge in [0.15, 0.2) is 0 Å². The van der Waals surface area contributed by atoms with Gasteiger partial charge in [0.2, 0.25) is 0 Å². The first-order valence-corrected chi connectivity index (χ1v) is 5.57. The Balaban J connectivity index is 3.05. The lowest BCUT2D eigenvalue weighted by Crippen LogP contribution is -2.49. The van der Waals surface area contributed by atoms with Crippen LogP contribution in [0.25, 0.3) is 0 Å². The van der Waals surface area contributed by atoms with Gasteiger partial charge in [0.25, 0.3) is 0 Å². The van der Waals surface area contributed by atoms with E-state index in [4.69, 9.17) is 5.73 Å². The van der Waals surface area contributed by atoms with Crippen LogP contribution in [0.4, 0.5) is 36.4 Å². The molecule has 1 rings (SSSR count). The third-order valence-electron chi connectivity index (χ3n) is 2.21. The Morgan fingerprint density at radius 2 is 1.53 bits per heavy atom. The minimum Gasteiger partial charge on any atom is -0.399 e. The lowest BCUT2D eigenvalue weighted by molar-refractivity contribution is -0.330. The number of benzene rings is 1. The molecule has 0 spiro atoms. The molecule has 0 heterocycles. The third kappa shape index (κ3) is 3.07. The number of nitrogens with two attached hydrogens (primary N) is 1. The molecule has 0 radical (unpaired) electrons. The summed E-state index contributed by atoms with van der Waals surface area (Å²) < 4.78 is 87.2. The second kappa shape index (κ2) is 4.77. The highest BCUT2D eigenvalue weighted by molar-refractivity contribution is 8.00. The van der Waals surface area contributed by atoms with Gasteiger partial charge in [0.1, 0.15) is 0 Å². The van der Waals surface area contributed by atoms with Crippen molar-refractivity contribution < 1.29 is 30.7 Å². The fourth-order valence-electron chi connectivity index (χ4n) is 1.09. The van der Waals surface area contributed by atoms with Crippen molar-refractivity contribution in [2.75, 3.05) is 5.73 Å². The summed E-state index contributed by atoms with van der Waals surface area (Å²) in [5.41, 5.74) is 5.90. The zero-order valence-corrected chi connectivity index (χ0v) is 10.2. The molecule has 19 heavy (non-hydrogen) atoms. The topological polar surface area (TPSA) is 26.0 Å². The average Bonchev–Trinajstić information content (AvgIpc) is 2.21. The molecule has 0 unspecified atom stereocenters. The number of halogens is 7. The Bertz CT molecular complexity index is 469. The fraction of sp³-hybridized carbons (Fsp3) is 0.400. The molecule has 1 nitrogen and oxygen atoms in total. The first kappa shape index (κ1) is 15.9. The van der Waals surface area contributed by atoms with Crippen LogP contribution in [0.1, 0.15) is 5.56 Å². The van der Waals surface area contributed by atoms with E-state index in [0.29, 0.717) is 5.56 Å². The summed E-state index contributed by atoms with van der Waals surface area (Å²) in [5, 5.41) is -5.31. The van der Waals surface area contributed by atoms with Gasteiger partial charge in [0, 0.05) is 10.6 Å². The van der Waals surface area contributed by atoms with Crippen LogP contribution < -0.4 is 5.73 Å². The minimum absolute atomic E-state index is 0.218. The van der Waals surface area contributed by atoms with Crippen LogP contribution in [0.5, 0.6) is 0 Å². The Morgan fingerprint density at radius 1 is 1.00 bits per heavy atom. The summed E-state index contributed by atoms with van der Waals surface area (Å²) in [6.07, 6.45) is -6.33. The van der Waals surface area contributed by atoms with Crippen molar-refractivity contribution in [3.8, 4) is 0 Å². The molecule has 9 heteroatoms. The Morgan fingerprint density at radius 3 is 1.95 bits per heavy atom. The van der Waals surface area contributed by atoms with Crippen LogP contribution in [0, 0.1) is 6.92 Å². The number of hydrogen-bond donors (Lipinski definition) is 1. The van der Waals surface area contributed by atoms with Crippen LogP contribution in [0.2, 0.25) is 0 Å². The van der Waals surface area contributed by atoms with Gasteiger partial charge in [-0.2, -0.15) is 30.7 Å². The number of thioether (sulfide) groups is 1. The van der Waals surface area contributed by atoms with Crippen LogP contribution in [0.15, 0.2) is 23.1 Å². The normalized spacial score (nSPS) is 13.7. The second-order valence-corrected chi connectivity index (χ2v) is 4.90. The number of anilines is 1. The summed E-state index contributed by atoms with van der Waals surface area (Å²) in [6.45, 7) is 1.42. The fourth-order valence-corrected chi connectivity index (χ4v) is 2.00. The predicted octanol–water partition coefficient (Wildman–Crippen LogP) is 4.46. The van der Waals surface area contributed by atoms with Crippen LogP contribution in [-0.2, 0) is 0 Å². The number of nitrogen functional groups attached to an aromatic ring is 1. The molecule has 0 fully saturated rings. The molecular weight excluding hydrogens is 299 g/mol. The molecule has 1 aromatic rings. The lowest BCUT2D eigenvalue weighted by Gasteiger charge is -2.27. The van der Waals surface area contributed by atoms with E-state index in [-0.39, 0.29) is 5.69 Å². The van der Waals surface area contributed by atoms with Crippen molar-refractivity contribution in [2.45, 2.75) is 29.2 Å². The zero-order valence-electron chi connectivity index (χ0n) is 9.36. The van der Waals surface area contributed by atoms with Crippen LogP contribution >= 0.6 is 11.8 Å². The van der Waals surface area contributed by atoms with Gasteiger partial charge in [-0.3, -0.25) is 0 Å². The van der Waals surface area contributed by atoms with Gasteiger partial charge in [-0.15, -0.1) is 0 Å². The summed E-state index contributed by atoms with van der Waals surface area (Å²) in [5.74, 6) is -6.13. The van der Waals surface area contributed by atoms with Crippen molar-refractivity contribution >= 4 is 17.4 Å². The van der Waals surface area contributed by atoms with Crippen LogP contribution in [-0.4, -0.2) is 17.4 Å². The smallest absolute Gasteiger partial charge is 0.399 e. The second-order valence-electron chi connectivity index (χ2n) is 3.71. The van der Waals surface area contributed by atoms with Crippen molar-refractivity contribution in [3.63, 3.8) is 0 Å². The Labute approximate surface area is 108 Å². The lowest BCUT2D eigenvalue weighted by atomic mass is 10.2. The first-order chi connectivity index (χ1) is 8.38. The van der Waals surface area contributed by atoms with E-state index in [0.717, 1.165) is 18.2 Å². The molecule has 0 bridgehead atoms. The maximum atomic E-state index is 13.1. The molecule has 0 saturated carbocycles. The third-order valence-corrected chi connectivity index (χ3v) is 3.21. The largest absolute Gasteiger partial charge is 0.460 e. The number of rotatable bonds is 3. The summed E-state index contributed by atoms with van der Waals surface area (Å²) in [6, 6.07) is 3.12. The molecule has 0 amide bonds. The standard InChI is InChI=1S/C10H8F7NS/c1-5-4-6(2-3-7(5)18)19-10(16,17)8(11,12)9(13,14)15/h2-4H,18H2,1H3. The number of alkyl halides is 7. The van der Waals surface area contributed by atoms with E-state index < -0.39 is 34.0 Å². The minimum atomic E-state index is -6.33. The summed E-state index contributed by atoms with van der Waals surface area (Å²) in [7, 11) is 0. The molecule has 108 valence electrons. The van der Waals surface area contributed by atoms with E-state index in [9.17, 15) is 30.7 Å². The van der Waals surface area contributed by atoms with E-state index in [1.807, 2.05) is 0 Å². The van der Waals surface area contributed by atoms with E-state index >= 15 is 0 Å². The van der Waals surface area contributed by atoms with E-state index in [1.54, 1.807) is 0 Å². The quantitative estimate of drug-likeness (QED) is 0.507. The number of hydrogen-bond acceptors (Lipinski definition) is 2. The summed E-state index contributed by atoms with van der Waals surface area (Å²) in [4.78, 5) is -0.430. The summed E-state index contributed by atoms with van der Waals surface area (Å²) >= 11 is -0.856. The van der Waals surface area contributed by atoms with Gasteiger partial charge in [-0.1, -0.05) is 0 Å². The van der Waals surface area contributed by atoms with E-state index in [2.05, 4.69) is 0 Å². The zero-order chi connectivity index (χ0) is 15.1. The molecule has 0 aromatic heterocycles. The molecule has 2 N–H and O–H groups in total. The highest BCUT2D eigenvalue weighted by atomic mass is 32.2. The maximum absolute atomic E-state index is 13.1.